The number of aliphatic carboxylic acids is 1. The third-order valence-electron chi connectivity index (χ3n) is 7.46. The summed E-state index contributed by atoms with van der Waals surface area (Å²) in [5.41, 5.74) is 5.54. The predicted molar refractivity (Wildman–Crippen MR) is 135 cm³/mol. The Kier molecular flexibility index (Phi) is 6.52. The van der Waals surface area contributed by atoms with Crippen LogP contribution in [-0.2, 0) is 9.59 Å². The molecule has 0 radical (unpaired) electrons. The molecule has 3 aromatic rings. The van der Waals surface area contributed by atoms with Crippen molar-refractivity contribution in [2.24, 2.45) is 11.7 Å². The van der Waals surface area contributed by atoms with Crippen molar-refractivity contribution in [2.45, 2.75) is 43.2 Å². The van der Waals surface area contributed by atoms with Gasteiger partial charge in [0.05, 0.1) is 5.56 Å². The number of nitrogens with one attached hydrogen (secondary N) is 1. The molecule has 0 saturated heterocycles. The maximum Gasteiger partial charge on any atom is 0.324 e. The highest BCUT2D eigenvalue weighted by atomic mass is 19.1. The van der Waals surface area contributed by atoms with Gasteiger partial charge in [-0.25, -0.2) is 4.39 Å². The van der Waals surface area contributed by atoms with E-state index in [2.05, 4.69) is 5.32 Å². The summed E-state index contributed by atoms with van der Waals surface area (Å²) in [5.74, 6) is -4.62. The number of para-hydroxylation sites is 2. The molecule has 7 nitrogen and oxygen atoms in total. The molecule has 1 heterocycles. The number of carboxylic acids is 1. The number of anilines is 1. The molecule has 4 atom stereocenters. The van der Waals surface area contributed by atoms with Crippen molar-refractivity contribution < 1.29 is 28.6 Å². The normalized spacial score (nSPS) is 21.6. The Bertz CT molecular complexity index is 1360. The van der Waals surface area contributed by atoms with Crippen molar-refractivity contribution in [3.8, 4) is 11.5 Å². The number of ketones is 2. The molecule has 0 spiro atoms. The standard InChI is InChI=1S/C29H27FN2O5/c30-22-15-18(37-17-7-2-1-3-8-17)13-14-19(22)27(34)25(33)16-29(31,28(35)36)26-20-9-4-5-11-23(20)32-24-12-6-10-21(24)26/h1-5,7-9,11,13-15,21,24,26,32H,6,10,12,16,31H2,(H,35,36)/t21-,24+,26?,29?/m0/s1. The third kappa shape index (κ3) is 4.60. The van der Waals surface area contributed by atoms with Gasteiger partial charge in [-0.3, -0.25) is 14.4 Å². The highest BCUT2D eigenvalue weighted by molar-refractivity contribution is 6.44. The lowest BCUT2D eigenvalue weighted by molar-refractivity contribution is -0.146. The number of benzene rings is 3. The summed E-state index contributed by atoms with van der Waals surface area (Å²) in [6.45, 7) is 0. The van der Waals surface area contributed by atoms with Crippen LogP contribution in [0, 0.1) is 11.7 Å². The molecule has 2 aliphatic rings. The molecule has 3 aromatic carbocycles. The molecule has 190 valence electrons. The fraction of sp³-hybridized carbons (Fsp3) is 0.276. The average Bonchev–Trinajstić information content (AvgIpc) is 3.35. The van der Waals surface area contributed by atoms with Crippen molar-refractivity contribution in [3.05, 3.63) is 89.7 Å². The van der Waals surface area contributed by atoms with Crippen molar-refractivity contribution in [3.63, 3.8) is 0 Å². The van der Waals surface area contributed by atoms with E-state index in [1.54, 1.807) is 30.3 Å². The predicted octanol–water partition coefficient (Wildman–Crippen LogP) is 4.92. The number of hydrogen-bond acceptors (Lipinski definition) is 6. The second kappa shape index (κ2) is 9.78. The Hall–Kier alpha value is -4.04. The van der Waals surface area contributed by atoms with E-state index in [1.165, 1.54) is 12.1 Å². The van der Waals surface area contributed by atoms with Gasteiger partial charge in [0.15, 0.2) is 0 Å². The molecule has 1 saturated carbocycles. The third-order valence-corrected chi connectivity index (χ3v) is 7.46. The maximum atomic E-state index is 14.9. The molecule has 4 N–H and O–H groups in total. The molecule has 1 aliphatic heterocycles. The molecule has 8 heteroatoms. The highest BCUT2D eigenvalue weighted by Crippen LogP contribution is 2.50. The van der Waals surface area contributed by atoms with E-state index in [1.807, 2.05) is 24.3 Å². The molecular weight excluding hydrogens is 475 g/mol. The summed E-state index contributed by atoms with van der Waals surface area (Å²) in [6, 6.07) is 19.6. The van der Waals surface area contributed by atoms with Crippen LogP contribution in [0.15, 0.2) is 72.8 Å². The van der Waals surface area contributed by atoms with E-state index >= 15 is 0 Å². The number of rotatable bonds is 8. The summed E-state index contributed by atoms with van der Waals surface area (Å²) >= 11 is 0. The second-order valence-corrected chi connectivity index (χ2v) is 9.74. The van der Waals surface area contributed by atoms with Crippen LogP contribution in [0.25, 0.3) is 0 Å². The van der Waals surface area contributed by atoms with Gasteiger partial charge in [0.2, 0.25) is 11.6 Å². The van der Waals surface area contributed by atoms with Crippen molar-refractivity contribution in [1.29, 1.82) is 0 Å². The lowest BCUT2D eigenvalue weighted by Crippen LogP contribution is -2.59. The Labute approximate surface area is 213 Å². The Morgan fingerprint density at radius 1 is 1.00 bits per heavy atom. The van der Waals surface area contributed by atoms with Gasteiger partial charge in [0, 0.05) is 30.1 Å². The highest BCUT2D eigenvalue weighted by Gasteiger charge is 2.54. The largest absolute Gasteiger partial charge is 0.480 e. The molecule has 1 fully saturated rings. The minimum Gasteiger partial charge on any atom is -0.480 e. The fourth-order valence-electron chi connectivity index (χ4n) is 5.74. The van der Waals surface area contributed by atoms with Gasteiger partial charge in [-0.1, -0.05) is 42.8 Å². The van der Waals surface area contributed by atoms with Crippen LogP contribution >= 0.6 is 0 Å². The van der Waals surface area contributed by atoms with Crippen molar-refractivity contribution in [1.82, 2.24) is 0 Å². The van der Waals surface area contributed by atoms with Crippen LogP contribution in [0.1, 0.15) is 47.5 Å². The summed E-state index contributed by atoms with van der Waals surface area (Å²) in [4.78, 5) is 38.7. The van der Waals surface area contributed by atoms with Gasteiger partial charge in [-0.2, -0.15) is 0 Å². The molecule has 0 aromatic heterocycles. The fourth-order valence-corrected chi connectivity index (χ4v) is 5.74. The van der Waals surface area contributed by atoms with Crippen LogP contribution in [0.4, 0.5) is 10.1 Å². The van der Waals surface area contributed by atoms with Crippen LogP contribution in [0.5, 0.6) is 11.5 Å². The summed E-state index contributed by atoms with van der Waals surface area (Å²) in [7, 11) is 0. The lowest BCUT2D eigenvalue weighted by atomic mass is 9.66. The number of carboxylic acid groups (broad SMARTS) is 1. The van der Waals surface area contributed by atoms with E-state index in [-0.39, 0.29) is 17.7 Å². The average molecular weight is 503 g/mol. The first-order valence-electron chi connectivity index (χ1n) is 12.3. The van der Waals surface area contributed by atoms with Crippen LogP contribution < -0.4 is 15.8 Å². The number of carbonyl (C=O) groups is 3. The van der Waals surface area contributed by atoms with E-state index in [4.69, 9.17) is 10.5 Å². The molecule has 0 amide bonds. The van der Waals surface area contributed by atoms with E-state index < -0.39 is 46.8 Å². The lowest BCUT2D eigenvalue weighted by Gasteiger charge is -2.44. The van der Waals surface area contributed by atoms with Gasteiger partial charge in [0.1, 0.15) is 22.9 Å². The number of fused-ring (bicyclic) bond motifs is 2. The monoisotopic (exact) mass is 502 g/mol. The maximum absolute atomic E-state index is 14.9. The van der Waals surface area contributed by atoms with Crippen LogP contribution in [0.3, 0.4) is 0 Å². The minimum absolute atomic E-state index is 0.0302. The molecule has 5 rings (SSSR count). The van der Waals surface area contributed by atoms with Crippen LogP contribution in [-0.4, -0.2) is 34.2 Å². The summed E-state index contributed by atoms with van der Waals surface area (Å²) in [5, 5.41) is 13.7. The smallest absolute Gasteiger partial charge is 0.324 e. The number of Topliss-reactive ketones (excluding diaryl/α,β-unsaturated/α-hetero) is 2. The number of hydrogen-bond donors (Lipinski definition) is 3. The quantitative estimate of drug-likeness (QED) is 0.295. The zero-order valence-corrected chi connectivity index (χ0v) is 20.0. The SMILES string of the molecule is NC(CC(=O)C(=O)c1ccc(Oc2ccccc2)cc1F)(C(=O)O)C1c2ccccc2N[C@@H]2CCC[C@H]12. The van der Waals surface area contributed by atoms with E-state index in [9.17, 15) is 23.9 Å². The van der Waals surface area contributed by atoms with Crippen molar-refractivity contribution in [2.75, 3.05) is 5.32 Å². The zero-order chi connectivity index (χ0) is 26.2. The topological polar surface area (TPSA) is 119 Å². The number of ether oxygens (including phenoxy) is 1. The number of halogens is 1. The van der Waals surface area contributed by atoms with Gasteiger partial charge < -0.3 is 20.9 Å². The Balaban J connectivity index is 1.41. The minimum atomic E-state index is -2.04. The molecule has 2 unspecified atom stereocenters. The van der Waals surface area contributed by atoms with Gasteiger partial charge >= 0.3 is 5.97 Å². The van der Waals surface area contributed by atoms with Gasteiger partial charge in [-0.15, -0.1) is 0 Å². The molecule has 1 aliphatic carbocycles. The number of nitrogens with two attached hydrogens (primary N) is 1. The molecular formula is C29H27FN2O5. The first-order chi connectivity index (χ1) is 17.8. The first-order valence-corrected chi connectivity index (χ1v) is 12.3. The van der Waals surface area contributed by atoms with Crippen molar-refractivity contribution >= 4 is 23.2 Å². The summed E-state index contributed by atoms with van der Waals surface area (Å²) < 4.78 is 20.5. The van der Waals surface area contributed by atoms with E-state index in [0.717, 1.165) is 31.0 Å². The number of carbonyl (C=O) groups excluding carboxylic acids is 2. The van der Waals surface area contributed by atoms with Gasteiger partial charge in [0.25, 0.3) is 0 Å². The molecule has 0 bridgehead atoms. The second-order valence-electron chi connectivity index (χ2n) is 9.74. The summed E-state index contributed by atoms with van der Waals surface area (Å²) in [6.07, 6.45) is 1.77. The van der Waals surface area contributed by atoms with Gasteiger partial charge in [-0.05, 0) is 54.7 Å². The zero-order valence-electron chi connectivity index (χ0n) is 20.0. The van der Waals surface area contributed by atoms with Crippen LogP contribution in [0.2, 0.25) is 0 Å². The van der Waals surface area contributed by atoms with E-state index in [0.29, 0.717) is 11.3 Å². The molecule has 37 heavy (non-hydrogen) atoms. The Morgan fingerprint density at radius 2 is 1.73 bits per heavy atom. The first kappa shape index (κ1) is 24.6. The Morgan fingerprint density at radius 3 is 2.46 bits per heavy atom.